The van der Waals surface area contributed by atoms with Gasteiger partial charge in [-0.25, -0.2) is 4.39 Å². The minimum atomic E-state index is -0.850. The summed E-state index contributed by atoms with van der Waals surface area (Å²) in [6, 6.07) is 2.95. The molecule has 0 radical (unpaired) electrons. The Balaban J connectivity index is 2.97. The Morgan fingerprint density at radius 2 is 2.29 bits per heavy atom. The van der Waals surface area contributed by atoms with Crippen molar-refractivity contribution in [2.24, 2.45) is 5.73 Å². The molecule has 0 aliphatic carbocycles. The van der Waals surface area contributed by atoms with Gasteiger partial charge >= 0.3 is 0 Å². The van der Waals surface area contributed by atoms with Crippen molar-refractivity contribution >= 4 is 17.3 Å². The smallest absolute Gasteiger partial charge is 0.295 e. The first kappa shape index (κ1) is 13.0. The molecule has 0 saturated carbocycles. The van der Waals surface area contributed by atoms with Gasteiger partial charge in [-0.15, -0.1) is 0 Å². The molecule has 0 fully saturated rings. The van der Waals surface area contributed by atoms with Crippen molar-refractivity contribution in [3.63, 3.8) is 0 Å². The maximum absolute atomic E-state index is 13.4. The highest BCUT2D eigenvalue weighted by Gasteiger charge is 2.19. The van der Waals surface area contributed by atoms with Crippen LogP contribution in [0.5, 0.6) is 0 Å². The molecule has 0 bridgehead atoms. The van der Waals surface area contributed by atoms with Crippen LogP contribution >= 0.6 is 0 Å². The number of nitrogens with two attached hydrogens (primary N) is 1. The van der Waals surface area contributed by atoms with Gasteiger partial charge in [0.15, 0.2) is 11.5 Å². The molecule has 1 unspecified atom stereocenters. The highest BCUT2D eigenvalue weighted by atomic mass is 19.1. The van der Waals surface area contributed by atoms with Crippen LogP contribution in [0.4, 0.5) is 15.8 Å². The molecular weight excluding hydrogens is 229 g/mol. The topological polar surface area (TPSA) is 98.3 Å². The van der Waals surface area contributed by atoms with Gasteiger partial charge in [0.2, 0.25) is 5.91 Å². The third-order valence-corrected chi connectivity index (χ3v) is 1.96. The summed E-state index contributed by atoms with van der Waals surface area (Å²) < 4.78 is 13.4. The first-order valence-electron chi connectivity index (χ1n) is 4.90. The summed E-state index contributed by atoms with van der Waals surface area (Å²) in [4.78, 5) is 21.3. The summed E-state index contributed by atoms with van der Waals surface area (Å²) in [5.41, 5.74) is 4.48. The minimum Gasteiger partial charge on any atom is -0.327 e. The van der Waals surface area contributed by atoms with E-state index in [9.17, 15) is 19.3 Å². The number of nitrogens with zero attached hydrogens (tertiary/aromatic N) is 1. The average Bonchev–Trinajstić information content (AvgIpc) is 2.19. The van der Waals surface area contributed by atoms with Gasteiger partial charge in [-0.2, -0.15) is 0 Å². The van der Waals surface area contributed by atoms with Crippen LogP contribution in [0.3, 0.4) is 0 Å². The van der Waals surface area contributed by atoms with E-state index < -0.39 is 34.1 Å². The quantitative estimate of drug-likeness (QED) is 0.615. The van der Waals surface area contributed by atoms with Gasteiger partial charge in [0, 0.05) is 18.5 Å². The standard InChI is InChI=1S/C10H12FN3O3/c1-6(12)5-9(15)13-10-7(11)3-2-4-8(10)14(16)17/h2-4,6H,5,12H2,1H3,(H,13,15). The third-order valence-electron chi connectivity index (χ3n) is 1.96. The number of nitro groups is 1. The molecule has 0 spiro atoms. The van der Waals surface area contributed by atoms with Crippen molar-refractivity contribution in [1.29, 1.82) is 0 Å². The second-order valence-corrected chi connectivity index (χ2v) is 3.62. The fourth-order valence-corrected chi connectivity index (χ4v) is 1.27. The Hall–Kier alpha value is -2.02. The monoisotopic (exact) mass is 241 g/mol. The van der Waals surface area contributed by atoms with Crippen molar-refractivity contribution in [1.82, 2.24) is 0 Å². The molecule has 0 heterocycles. The molecule has 6 nitrogen and oxygen atoms in total. The van der Waals surface area contributed by atoms with E-state index in [4.69, 9.17) is 5.73 Å². The predicted molar refractivity (Wildman–Crippen MR) is 60.0 cm³/mol. The molecule has 7 heteroatoms. The van der Waals surface area contributed by atoms with Crippen molar-refractivity contribution < 1.29 is 14.1 Å². The number of carbonyl (C=O) groups excluding carboxylic acids is 1. The van der Waals surface area contributed by atoms with Gasteiger partial charge in [0.25, 0.3) is 5.69 Å². The summed E-state index contributed by atoms with van der Waals surface area (Å²) in [5.74, 6) is -1.41. The van der Waals surface area contributed by atoms with Gasteiger partial charge < -0.3 is 11.1 Å². The summed E-state index contributed by atoms with van der Waals surface area (Å²) >= 11 is 0. The highest BCUT2D eigenvalue weighted by molar-refractivity contribution is 5.93. The number of hydrogen-bond donors (Lipinski definition) is 2. The van der Waals surface area contributed by atoms with E-state index in [0.29, 0.717) is 0 Å². The molecule has 0 aliphatic rings. The zero-order valence-corrected chi connectivity index (χ0v) is 9.14. The normalized spacial score (nSPS) is 11.9. The lowest BCUT2D eigenvalue weighted by Crippen LogP contribution is -2.24. The van der Waals surface area contributed by atoms with E-state index in [-0.39, 0.29) is 6.42 Å². The summed E-state index contributed by atoms with van der Waals surface area (Å²) in [6.45, 7) is 1.61. The molecule has 0 aliphatic heterocycles. The van der Waals surface area contributed by atoms with E-state index >= 15 is 0 Å². The van der Waals surface area contributed by atoms with Gasteiger partial charge in [-0.1, -0.05) is 6.07 Å². The van der Waals surface area contributed by atoms with E-state index in [1.54, 1.807) is 6.92 Å². The number of halogens is 1. The molecule has 0 aromatic heterocycles. The molecule has 1 amide bonds. The number of nitro benzene ring substituents is 1. The molecule has 0 saturated heterocycles. The fraction of sp³-hybridized carbons (Fsp3) is 0.300. The number of anilines is 1. The van der Waals surface area contributed by atoms with Crippen LogP contribution in [0, 0.1) is 15.9 Å². The van der Waals surface area contributed by atoms with Gasteiger partial charge in [0.05, 0.1) is 4.92 Å². The number of nitrogens with one attached hydrogen (secondary N) is 1. The summed E-state index contributed by atoms with van der Waals surface area (Å²) in [5, 5.41) is 12.8. The molecule has 1 aromatic rings. The first-order valence-corrected chi connectivity index (χ1v) is 4.90. The molecule has 17 heavy (non-hydrogen) atoms. The Bertz CT molecular complexity index is 448. The number of amides is 1. The SMILES string of the molecule is CC(N)CC(=O)Nc1c(F)cccc1[N+](=O)[O-]. The van der Waals surface area contributed by atoms with E-state index in [1.165, 1.54) is 6.07 Å². The van der Waals surface area contributed by atoms with Gasteiger partial charge in [0.1, 0.15) is 0 Å². The Labute approximate surface area is 96.8 Å². The number of carbonyl (C=O) groups is 1. The maximum Gasteiger partial charge on any atom is 0.295 e. The Morgan fingerprint density at radius 1 is 1.65 bits per heavy atom. The zero-order valence-electron chi connectivity index (χ0n) is 9.14. The molecule has 3 N–H and O–H groups in total. The molecule has 1 aromatic carbocycles. The lowest BCUT2D eigenvalue weighted by atomic mass is 10.2. The van der Waals surface area contributed by atoms with Gasteiger partial charge in [-0.05, 0) is 13.0 Å². The van der Waals surface area contributed by atoms with Crippen molar-refractivity contribution in [2.45, 2.75) is 19.4 Å². The maximum atomic E-state index is 13.4. The first-order chi connectivity index (χ1) is 7.91. The van der Waals surface area contributed by atoms with Crippen LogP contribution in [0.2, 0.25) is 0 Å². The van der Waals surface area contributed by atoms with E-state index in [1.807, 2.05) is 0 Å². The van der Waals surface area contributed by atoms with Crippen LogP contribution in [0.1, 0.15) is 13.3 Å². The second-order valence-electron chi connectivity index (χ2n) is 3.62. The van der Waals surface area contributed by atoms with Crippen molar-refractivity contribution in [3.8, 4) is 0 Å². The van der Waals surface area contributed by atoms with Crippen molar-refractivity contribution in [3.05, 3.63) is 34.1 Å². The van der Waals surface area contributed by atoms with E-state index in [0.717, 1.165) is 12.1 Å². The number of rotatable bonds is 4. The minimum absolute atomic E-state index is 0.0362. The van der Waals surface area contributed by atoms with Crippen LogP contribution in [-0.2, 0) is 4.79 Å². The van der Waals surface area contributed by atoms with Crippen LogP contribution < -0.4 is 11.1 Å². The van der Waals surface area contributed by atoms with Crippen molar-refractivity contribution in [2.75, 3.05) is 5.32 Å². The highest BCUT2D eigenvalue weighted by Crippen LogP contribution is 2.26. The molecular formula is C10H12FN3O3. The number of para-hydroxylation sites is 1. The molecule has 1 rings (SSSR count). The predicted octanol–water partition coefficient (Wildman–Crippen LogP) is 1.41. The van der Waals surface area contributed by atoms with Crippen LogP contribution in [0.15, 0.2) is 18.2 Å². The Morgan fingerprint density at radius 3 is 2.82 bits per heavy atom. The fourth-order valence-electron chi connectivity index (χ4n) is 1.27. The number of benzene rings is 1. The van der Waals surface area contributed by atoms with Crippen LogP contribution in [-0.4, -0.2) is 16.9 Å². The molecule has 92 valence electrons. The van der Waals surface area contributed by atoms with E-state index in [2.05, 4.69) is 5.32 Å². The summed E-state index contributed by atoms with van der Waals surface area (Å²) in [6.07, 6.45) is -0.0362. The second kappa shape index (κ2) is 5.35. The van der Waals surface area contributed by atoms with Crippen LogP contribution in [0.25, 0.3) is 0 Å². The zero-order chi connectivity index (χ0) is 13.0. The lowest BCUT2D eigenvalue weighted by molar-refractivity contribution is -0.384. The summed E-state index contributed by atoms with van der Waals surface area (Å²) in [7, 11) is 0. The average molecular weight is 241 g/mol. The number of hydrogen-bond acceptors (Lipinski definition) is 4. The lowest BCUT2D eigenvalue weighted by Gasteiger charge is -2.08. The third kappa shape index (κ3) is 3.49. The molecule has 1 atom stereocenters. The largest absolute Gasteiger partial charge is 0.327 e. The van der Waals surface area contributed by atoms with Gasteiger partial charge in [-0.3, -0.25) is 14.9 Å². The Kier molecular flexibility index (Phi) is 4.11.